The van der Waals surface area contributed by atoms with E-state index in [2.05, 4.69) is 15.0 Å². The molecule has 2 amide bonds. The van der Waals surface area contributed by atoms with E-state index in [1.165, 1.54) is 42.5 Å². The Morgan fingerprint density at radius 1 is 1.38 bits per heavy atom. The Bertz CT molecular complexity index is 790. The normalized spacial score (nSPS) is 10.4. The van der Waals surface area contributed by atoms with Gasteiger partial charge in [-0.3, -0.25) is 19.7 Å². The number of anilines is 1. The summed E-state index contributed by atoms with van der Waals surface area (Å²) in [6, 6.07) is 5.64. The Hall–Kier alpha value is -3.27. The van der Waals surface area contributed by atoms with Crippen LogP contribution in [0.1, 0.15) is 15.9 Å². The van der Waals surface area contributed by atoms with E-state index in [9.17, 15) is 19.7 Å². The Labute approximate surface area is 148 Å². The fourth-order valence-corrected chi connectivity index (χ4v) is 2.21. The number of aryl methyl sites for hydroxylation is 1. The van der Waals surface area contributed by atoms with Crippen LogP contribution in [0.2, 0.25) is 0 Å². The first-order valence-corrected chi connectivity index (χ1v) is 7.66. The van der Waals surface area contributed by atoms with Gasteiger partial charge in [0, 0.05) is 36.9 Å². The molecule has 2 aromatic rings. The number of hydrogen-bond acceptors (Lipinski definition) is 7. The minimum Gasteiger partial charge on any atom is -0.383 e. The second kappa shape index (κ2) is 8.72. The van der Waals surface area contributed by atoms with Crippen LogP contribution in [0.15, 0.2) is 35.1 Å². The number of rotatable bonds is 8. The molecule has 0 unspecified atom stereocenters. The fourth-order valence-electron chi connectivity index (χ4n) is 2.21. The summed E-state index contributed by atoms with van der Waals surface area (Å²) in [4.78, 5) is 36.6. The molecule has 0 bridgehead atoms. The van der Waals surface area contributed by atoms with Crippen LogP contribution in [0.4, 0.5) is 11.5 Å². The van der Waals surface area contributed by atoms with Crippen LogP contribution in [-0.4, -0.2) is 53.6 Å². The first-order chi connectivity index (χ1) is 12.4. The predicted octanol–water partition coefficient (Wildman–Crippen LogP) is 1.62. The van der Waals surface area contributed by atoms with E-state index in [1.54, 1.807) is 6.92 Å². The molecule has 0 atom stereocenters. The minimum absolute atomic E-state index is 0.118. The van der Waals surface area contributed by atoms with Crippen LogP contribution >= 0.6 is 0 Å². The molecular weight excluding hydrogens is 344 g/mol. The molecule has 1 aromatic carbocycles. The van der Waals surface area contributed by atoms with Gasteiger partial charge in [-0.1, -0.05) is 11.2 Å². The van der Waals surface area contributed by atoms with E-state index in [4.69, 9.17) is 4.74 Å². The second-order valence-electron chi connectivity index (χ2n) is 5.41. The van der Waals surface area contributed by atoms with E-state index < -0.39 is 16.7 Å². The lowest BCUT2D eigenvalue weighted by molar-refractivity contribution is -0.385. The topological polar surface area (TPSA) is 128 Å². The smallest absolute Gasteiger partial charge is 0.273 e. The van der Waals surface area contributed by atoms with Crippen molar-refractivity contribution in [3.63, 3.8) is 0 Å². The highest BCUT2D eigenvalue weighted by molar-refractivity contribution is 5.99. The van der Waals surface area contributed by atoms with E-state index in [0.29, 0.717) is 5.56 Å². The summed E-state index contributed by atoms with van der Waals surface area (Å²) < 4.78 is 9.59. The Kier molecular flexibility index (Phi) is 6.39. The molecule has 1 aromatic heterocycles. The van der Waals surface area contributed by atoms with Gasteiger partial charge in [0.05, 0.1) is 11.5 Å². The zero-order valence-electron chi connectivity index (χ0n) is 14.3. The van der Waals surface area contributed by atoms with Crippen LogP contribution in [0.25, 0.3) is 0 Å². The molecule has 138 valence electrons. The van der Waals surface area contributed by atoms with Gasteiger partial charge in [0.25, 0.3) is 11.6 Å². The number of nitrogens with zero attached hydrogens (tertiary/aromatic N) is 3. The lowest BCUT2D eigenvalue weighted by Gasteiger charge is -2.21. The molecule has 1 N–H and O–H groups in total. The first-order valence-electron chi connectivity index (χ1n) is 7.66. The van der Waals surface area contributed by atoms with Gasteiger partial charge in [-0.15, -0.1) is 0 Å². The van der Waals surface area contributed by atoms with Gasteiger partial charge in [-0.05, 0) is 13.0 Å². The number of amides is 2. The fraction of sp³-hybridized carbons (Fsp3) is 0.312. The average molecular weight is 362 g/mol. The highest BCUT2D eigenvalue weighted by Crippen LogP contribution is 2.20. The second-order valence-corrected chi connectivity index (χ2v) is 5.41. The van der Waals surface area contributed by atoms with Crippen molar-refractivity contribution in [2.45, 2.75) is 6.92 Å². The van der Waals surface area contributed by atoms with Crippen LogP contribution < -0.4 is 5.32 Å². The summed E-state index contributed by atoms with van der Waals surface area (Å²) in [7, 11) is 1.47. The van der Waals surface area contributed by atoms with Gasteiger partial charge < -0.3 is 19.5 Å². The molecule has 2 rings (SSSR count). The summed E-state index contributed by atoms with van der Waals surface area (Å²) in [5.74, 6) is -0.773. The van der Waals surface area contributed by atoms with Gasteiger partial charge in [0.2, 0.25) is 5.91 Å². The highest BCUT2D eigenvalue weighted by atomic mass is 16.6. The third-order valence-corrected chi connectivity index (χ3v) is 3.55. The van der Waals surface area contributed by atoms with E-state index in [0.717, 1.165) is 0 Å². The monoisotopic (exact) mass is 362 g/mol. The van der Waals surface area contributed by atoms with Gasteiger partial charge in [-0.2, -0.15) is 0 Å². The number of benzene rings is 1. The lowest BCUT2D eigenvalue weighted by atomic mass is 10.1. The zero-order valence-corrected chi connectivity index (χ0v) is 14.3. The van der Waals surface area contributed by atoms with E-state index >= 15 is 0 Å². The summed E-state index contributed by atoms with van der Waals surface area (Å²) in [5.41, 5.74) is 0.404. The van der Waals surface area contributed by atoms with Crippen LogP contribution in [0.3, 0.4) is 0 Å². The summed E-state index contributed by atoms with van der Waals surface area (Å²) in [5, 5.41) is 17.1. The van der Waals surface area contributed by atoms with Crippen LogP contribution in [0, 0.1) is 17.0 Å². The Morgan fingerprint density at radius 2 is 2.15 bits per heavy atom. The Morgan fingerprint density at radius 3 is 2.77 bits per heavy atom. The number of carbonyl (C=O) groups is 2. The van der Waals surface area contributed by atoms with Gasteiger partial charge >= 0.3 is 0 Å². The van der Waals surface area contributed by atoms with E-state index in [1.807, 2.05) is 0 Å². The largest absolute Gasteiger partial charge is 0.383 e. The summed E-state index contributed by atoms with van der Waals surface area (Å²) >= 11 is 0. The number of aromatic nitrogens is 1. The third kappa shape index (κ3) is 4.86. The van der Waals surface area contributed by atoms with Crippen molar-refractivity contribution in [3.8, 4) is 0 Å². The molecule has 1 heterocycles. The van der Waals surface area contributed by atoms with Crippen LogP contribution in [0.5, 0.6) is 0 Å². The molecular formula is C16H18N4O6. The summed E-state index contributed by atoms with van der Waals surface area (Å²) in [6.07, 6.45) is 1.30. The molecule has 10 nitrogen and oxygen atoms in total. The van der Waals surface area contributed by atoms with Gasteiger partial charge in [0.15, 0.2) is 5.82 Å². The molecule has 0 spiro atoms. The SMILES string of the molecule is COCCN(CC(=O)Nc1ccon1)C(=O)c1ccc(C)c([N+](=O)[O-])c1. The number of nitro groups is 1. The van der Waals surface area contributed by atoms with Crippen molar-refractivity contribution < 1.29 is 23.8 Å². The number of hydrogen-bond donors (Lipinski definition) is 1. The maximum absolute atomic E-state index is 12.7. The molecule has 0 saturated carbocycles. The quantitative estimate of drug-likeness (QED) is 0.558. The number of carbonyl (C=O) groups excluding carboxylic acids is 2. The number of methoxy groups -OCH3 is 1. The number of ether oxygens (including phenoxy) is 1. The molecule has 0 saturated heterocycles. The third-order valence-electron chi connectivity index (χ3n) is 3.55. The van der Waals surface area contributed by atoms with Gasteiger partial charge in [-0.25, -0.2) is 0 Å². The average Bonchev–Trinajstić information content (AvgIpc) is 3.11. The van der Waals surface area contributed by atoms with Crippen molar-refractivity contribution in [1.29, 1.82) is 0 Å². The standard InChI is InChI=1S/C16H18N4O6/c1-11-3-4-12(9-13(11)20(23)24)16(22)19(6-8-25-2)10-15(21)17-14-5-7-26-18-14/h3-5,7,9H,6,8,10H2,1-2H3,(H,17,18,21). The van der Waals surface area contributed by atoms with Crippen molar-refractivity contribution in [3.05, 3.63) is 51.8 Å². The maximum atomic E-state index is 12.7. The number of nitro benzene ring substituents is 1. The van der Waals surface area contributed by atoms with Crippen molar-refractivity contribution in [2.75, 3.05) is 32.1 Å². The summed E-state index contributed by atoms with van der Waals surface area (Å²) in [6.45, 7) is 1.66. The zero-order chi connectivity index (χ0) is 19.1. The van der Waals surface area contributed by atoms with E-state index in [-0.39, 0.29) is 36.8 Å². The molecule has 0 aliphatic carbocycles. The van der Waals surface area contributed by atoms with Crippen molar-refractivity contribution in [1.82, 2.24) is 10.1 Å². The predicted molar refractivity (Wildman–Crippen MR) is 90.7 cm³/mol. The minimum atomic E-state index is -0.553. The molecule has 26 heavy (non-hydrogen) atoms. The number of nitrogens with one attached hydrogen (secondary N) is 1. The highest BCUT2D eigenvalue weighted by Gasteiger charge is 2.22. The lowest BCUT2D eigenvalue weighted by Crippen LogP contribution is -2.40. The molecule has 0 aliphatic heterocycles. The molecule has 0 radical (unpaired) electrons. The van der Waals surface area contributed by atoms with Crippen molar-refractivity contribution in [2.24, 2.45) is 0 Å². The molecule has 0 aliphatic rings. The Balaban J connectivity index is 2.17. The van der Waals surface area contributed by atoms with Crippen LogP contribution in [-0.2, 0) is 9.53 Å². The molecule has 0 fully saturated rings. The van der Waals surface area contributed by atoms with Gasteiger partial charge in [0.1, 0.15) is 12.8 Å². The maximum Gasteiger partial charge on any atom is 0.273 e. The van der Waals surface area contributed by atoms with Crippen molar-refractivity contribution >= 4 is 23.3 Å². The molecule has 10 heteroatoms. The first kappa shape index (κ1) is 19.1.